The molecule has 0 heterocycles. The number of nitrogens with zero attached hydrogens (tertiary/aromatic N) is 1. The molecule has 96 valence electrons. The first-order valence-electron chi connectivity index (χ1n) is 5.52. The molecule has 0 spiro atoms. The summed E-state index contributed by atoms with van der Waals surface area (Å²) in [6, 6.07) is 4.65. The number of carboxylic acids is 1. The zero-order valence-corrected chi connectivity index (χ0v) is 10.8. The third-order valence-electron chi connectivity index (χ3n) is 2.70. The number of methoxy groups -OCH3 is 1. The molecule has 0 saturated carbocycles. The Kier molecular flexibility index (Phi) is 4.75. The number of carboxylic acid groups (broad SMARTS) is 1. The van der Waals surface area contributed by atoms with Gasteiger partial charge in [-0.05, 0) is 20.0 Å². The van der Waals surface area contributed by atoms with E-state index in [0.29, 0.717) is 11.3 Å². The van der Waals surface area contributed by atoms with E-state index in [1.165, 1.54) is 7.11 Å². The van der Waals surface area contributed by atoms with Gasteiger partial charge in [-0.25, -0.2) is 0 Å². The van der Waals surface area contributed by atoms with Crippen LogP contribution in [-0.2, 0) is 4.79 Å². The third kappa shape index (κ3) is 3.02. The minimum absolute atomic E-state index is 0.258. The molecule has 0 amide bonds. The van der Waals surface area contributed by atoms with Gasteiger partial charge in [-0.3, -0.25) is 9.69 Å². The van der Waals surface area contributed by atoms with Crippen LogP contribution in [0.15, 0.2) is 18.2 Å². The average molecular weight is 247 g/mol. The van der Waals surface area contributed by atoms with Crippen LogP contribution in [0.25, 0.3) is 0 Å². The summed E-state index contributed by atoms with van der Waals surface area (Å²) in [7, 11) is 3.20. The van der Waals surface area contributed by atoms with E-state index in [4.69, 9.17) is 11.2 Å². The zero-order chi connectivity index (χ0) is 13.7. The lowest BCUT2D eigenvalue weighted by molar-refractivity contribution is -0.142. The van der Waals surface area contributed by atoms with Crippen molar-refractivity contribution < 1.29 is 14.6 Å². The molecule has 0 aliphatic heterocycles. The lowest BCUT2D eigenvalue weighted by Crippen LogP contribution is -2.31. The largest absolute Gasteiger partial charge is 0.496 e. The molecule has 0 aliphatic carbocycles. The molecule has 0 bridgehead atoms. The van der Waals surface area contributed by atoms with Crippen LogP contribution in [-0.4, -0.2) is 36.7 Å². The fraction of sp³-hybridized carbons (Fsp3) is 0.357. The molecular weight excluding hydrogens is 230 g/mol. The maximum Gasteiger partial charge on any atom is 0.325 e. The number of hydrogen-bond donors (Lipinski definition) is 1. The minimum atomic E-state index is -0.948. The van der Waals surface area contributed by atoms with Gasteiger partial charge in [0.05, 0.1) is 13.7 Å². The normalized spacial score (nSPS) is 11.9. The van der Waals surface area contributed by atoms with E-state index in [1.54, 1.807) is 18.0 Å². The molecule has 1 atom stereocenters. The third-order valence-corrected chi connectivity index (χ3v) is 2.70. The highest BCUT2D eigenvalue weighted by Gasteiger charge is 2.27. The quantitative estimate of drug-likeness (QED) is 0.804. The minimum Gasteiger partial charge on any atom is -0.496 e. The lowest BCUT2D eigenvalue weighted by Gasteiger charge is -2.24. The van der Waals surface area contributed by atoms with Crippen LogP contribution in [0.4, 0.5) is 0 Å². The Balaban J connectivity index is 3.25. The van der Waals surface area contributed by atoms with E-state index < -0.39 is 12.0 Å². The molecule has 0 aromatic heterocycles. The smallest absolute Gasteiger partial charge is 0.325 e. The van der Waals surface area contributed by atoms with Crippen LogP contribution in [0.2, 0.25) is 0 Å². The summed E-state index contributed by atoms with van der Waals surface area (Å²) in [5.74, 6) is 2.05. The number of rotatable bonds is 5. The van der Waals surface area contributed by atoms with Gasteiger partial charge in [0.2, 0.25) is 0 Å². The first kappa shape index (κ1) is 14.1. The number of likely N-dealkylation sites (N-methyl/N-ethyl adjacent to an activating group) is 1. The summed E-state index contributed by atoms with van der Waals surface area (Å²) >= 11 is 0. The van der Waals surface area contributed by atoms with E-state index in [-0.39, 0.29) is 6.54 Å². The highest BCUT2D eigenvalue weighted by molar-refractivity contribution is 5.77. The van der Waals surface area contributed by atoms with Crippen LogP contribution in [0.1, 0.15) is 17.2 Å². The van der Waals surface area contributed by atoms with Crippen molar-refractivity contribution in [2.24, 2.45) is 0 Å². The fourth-order valence-electron chi connectivity index (χ4n) is 1.86. The summed E-state index contributed by atoms with van der Waals surface area (Å²) in [5, 5.41) is 9.37. The molecule has 0 aliphatic rings. The van der Waals surface area contributed by atoms with Crippen molar-refractivity contribution in [2.75, 3.05) is 20.7 Å². The van der Waals surface area contributed by atoms with Crippen molar-refractivity contribution in [3.8, 4) is 18.1 Å². The van der Waals surface area contributed by atoms with Crippen LogP contribution >= 0.6 is 0 Å². The van der Waals surface area contributed by atoms with Gasteiger partial charge in [-0.1, -0.05) is 23.6 Å². The number of terminal acetylenes is 1. The van der Waals surface area contributed by atoms with E-state index in [9.17, 15) is 9.90 Å². The highest BCUT2D eigenvalue weighted by atomic mass is 16.5. The Morgan fingerprint density at radius 3 is 2.78 bits per heavy atom. The molecule has 1 rings (SSSR count). The Hall–Kier alpha value is -1.99. The molecule has 1 aromatic carbocycles. The fourth-order valence-corrected chi connectivity index (χ4v) is 1.86. The molecule has 18 heavy (non-hydrogen) atoms. The number of aryl methyl sites for hydroxylation is 1. The summed E-state index contributed by atoms with van der Waals surface area (Å²) in [4.78, 5) is 13.0. The Labute approximate surface area is 107 Å². The number of hydrogen-bond acceptors (Lipinski definition) is 3. The Morgan fingerprint density at radius 2 is 2.28 bits per heavy atom. The maximum absolute atomic E-state index is 11.4. The molecule has 1 N–H and O–H groups in total. The van der Waals surface area contributed by atoms with Gasteiger partial charge in [0, 0.05) is 5.56 Å². The van der Waals surface area contributed by atoms with Crippen molar-refractivity contribution in [3.63, 3.8) is 0 Å². The lowest BCUT2D eigenvalue weighted by atomic mass is 10.0. The predicted molar refractivity (Wildman–Crippen MR) is 69.6 cm³/mol. The van der Waals surface area contributed by atoms with Gasteiger partial charge >= 0.3 is 5.97 Å². The molecule has 0 unspecified atom stereocenters. The van der Waals surface area contributed by atoms with Gasteiger partial charge in [0.1, 0.15) is 11.8 Å². The van der Waals surface area contributed by atoms with E-state index in [0.717, 1.165) is 5.56 Å². The van der Waals surface area contributed by atoms with Crippen molar-refractivity contribution in [2.45, 2.75) is 13.0 Å². The van der Waals surface area contributed by atoms with Crippen molar-refractivity contribution in [3.05, 3.63) is 29.3 Å². The van der Waals surface area contributed by atoms with Crippen molar-refractivity contribution >= 4 is 5.97 Å². The van der Waals surface area contributed by atoms with Crippen LogP contribution in [0.3, 0.4) is 0 Å². The topological polar surface area (TPSA) is 49.8 Å². The summed E-state index contributed by atoms with van der Waals surface area (Å²) in [6.07, 6.45) is 5.23. The molecule has 0 radical (unpaired) electrons. The molecular formula is C14H17NO3. The first-order valence-corrected chi connectivity index (χ1v) is 5.52. The summed E-state index contributed by atoms with van der Waals surface area (Å²) in [5.41, 5.74) is 1.59. The van der Waals surface area contributed by atoms with Gasteiger partial charge in [-0.2, -0.15) is 0 Å². The van der Waals surface area contributed by atoms with Crippen LogP contribution < -0.4 is 4.74 Å². The van der Waals surface area contributed by atoms with E-state index >= 15 is 0 Å². The molecule has 1 aromatic rings. The monoisotopic (exact) mass is 247 g/mol. The SMILES string of the molecule is C#CCN(C)[C@H](C(=O)O)c1cc(C)ccc1OC. The Bertz CT molecular complexity index is 476. The molecule has 4 heteroatoms. The second kappa shape index (κ2) is 6.08. The summed E-state index contributed by atoms with van der Waals surface area (Å²) < 4.78 is 5.22. The number of carbonyl (C=O) groups is 1. The first-order chi connectivity index (χ1) is 8.51. The molecule has 0 saturated heterocycles. The maximum atomic E-state index is 11.4. The standard InChI is InChI=1S/C14H17NO3/c1-5-8-15(3)13(14(16)17)11-9-10(2)6-7-12(11)18-4/h1,6-7,9,13H,8H2,2-4H3,(H,16,17)/t13-/m0/s1. The second-order valence-corrected chi connectivity index (χ2v) is 4.11. The van der Waals surface area contributed by atoms with Crippen LogP contribution in [0, 0.1) is 19.3 Å². The van der Waals surface area contributed by atoms with Gasteiger partial charge < -0.3 is 9.84 Å². The average Bonchev–Trinajstić information content (AvgIpc) is 2.29. The zero-order valence-electron chi connectivity index (χ0n) is 10.8. The van der Waals surface area contributed by atoms with Crippen molar-refractivity contribution in [1.82, 2.24) is 4.90 Å². The molecule has 4 nitrogen and oxygen atoms in total. The predicted octanol–water partition coefficient (Wildman–Crippen LogP) is 1.69. The van der Waals surface area contributed by atoms with E-state index in [2.05, 4.69) is 5.92 Å². The second-order valence-electron chi connectivity index (χ2n) is 4.11. The van der Waals surface area contributed by atoms with Gasteiger partial charge in [0.25, 0.3) is 0 Å². The van der Waals surface area contributed by atoms with Gasteiger partial charge in [0.15, 0.2) is 0 Å². The Morgan fingerprint density at radius 1 is 1.61 bits per heavy atom. The van der Waals surface area contributed by atoms with Gasteiger partial charge in [-0.15, -0.1) is 6.42 Å². The van der Waals surface area contributed by atoms with Crippen molar-refractivity contribution in [1.29, 1.82) is 0 Å². The number of aliphatic carboxylic acids is 1. The number of benzene rings is 1. The number of ether oxygens (including phenoxy) is 1. The summed E-state index contributed by atoms with van der Waals surface area (Å²) in [6.45, 7) is 2.16. The molecule has 0 fully saturated rings. The highest BCUT2D eigenvalue weighted by Crippen LogP contribution is 2.29. The van der Waals surface area contributed by atoms with E-state index in [1.807, 2.05) is 19.1 Å². The van der Waals surface area contributed by atoms with Crippen LogP contribution in [0.5, 0.6) is 5.75 Å².